The number of aromatic amines is 1. The van der Waals surface area contributed by atoms with Crippen LogP contribution in [-0.2, 0) is 17.8 Å². The first-order valence-electron chi connectivity index (χ1n) is 7.83. The first-order valence-corrected chi connectivity index (χ1v) is 7.83. The molecule has 0 saturated heterocycles. The van der Waals surface area contributed by atoms with E-state index in [-0.39, 0.29) is 5.91 Å². The van der Waals surface area contributed by atoms with Gasteiger partial charge in [-0.3, -0.25) is 9.48 Å². The van der Waals surface area contributed by atoms with E-state index in [1.54, 1.807) is 0 Å². The highest BCUT2D eigenvalue weighted by Gasteiger charge is 2.08. The summed E-state index contributed by atoms with van der Waals surface area (Å²) in [4.78, 5) is 19.5. The van der Waals surface area contributed by atoms with Crippen molar-refractivity contribution in [3.8, 4) is 0 Å². The van der Waals surface area contributed by atoms with E-state index in [0.29, 0.717) is 13.0 Å². The second-order valence-electron chi connectivity index (χ2n) is 5.67. The summed E-state index contributed by atoms with van der Waals surface area (Å²) in [6, 6.07) is 8.01. The fourth-order valence-electron chi connectivity index (χ4n) is 2.74. The monoisotopic (exact) mass is 311 g/mol. The van der Waals surface area contributed by atoms with Gasteiger partial charge in [-0.1, -0.05) is 18.2 Å². The number of fused-ring (bicyclic) bond motifs is 1. The molecule has 0 aliphatic rings. The minimum Gasteiger partial charge on any atom is -0.361 e. The minimum absolute atomic E-state index is 0.0428. The van der Waals surface area contributed by atoms with Gasteiger partial charge in [0.25, 0.3) is 0 Å². The van der Waals surface area contributed by atoms with E-state index in [2.05, 4.69) is 20.4 Å². The van der Waals surface area contributed by atoms with Crippen molar-refractivity contribution in [1.82, 2.24) is 25.1 Å². The number of hydrogen-bond acceptors (Lipinski definition) is 3. The average Bonchev–Trinajstić information content (AvgIpc) is 3.07. The number of rotatable bonds is 6. The van der Waals surface area contributed by atoms with E-state index < -0.39 is 0 Å². The molecule has 120 valence electrons. The lowest BCUT2D eigenvalue weighted by Gasteiger charge is -2.06. The number of amides is 1. The summed E-state index contributed by atoms with van der Waals surface area (Å²) in [5.41, 5.74) is 2.09. The van der Waals surface area contributed by atoms with Gasteiger partial charge >= 0.3 is 0 Å². The smallest absolute Gasteiger partial charge is 0.224 e. The third-order valence-corrected chi connectivity index (χ3v) is 3.86. The standard InChI is InChI=1S/C17H21N5O/c1-12-20-13(2)22(21-12)9-5-8-18-17(23)10-14-11-19-16-7-4-3-6-15(14)16/h3-4,6-7,11,19H,5,8-10H2,1-2H3,(H,18,23). The number of carbonyl (C=O) groups excluding carboxylic acids is 1. The summed E-state index contributed by atoms with van der Waals surface area (Å²) in [5.74, 6) is 1.74. The van der Waals surface area contributed by atoms with Crippen molar-refractivity contribution in [3.63, 3.8) is 0 Å². The lowest BCUT2D eigenvalue weighted by atomic mass is 10.1. The molecule has 1 amide bonds. The highest BCUT2D eigenvalue weighted by atomic mass is 16.1. The molecule has 0 radical (unpaired) electrons. The van der Waals surface area contributed by atoms with Crippen LogP contribution in [0.2, 0.25) is 0 Å². The number of aryl methyl sites for hydroxylation is 3. The fourth-order valence-corrected chi connectivity index (χ4v) is 2.74. The molecule has 0 aliphatic heterocycles. The third kappa shape index (κ3) is 3.59. The molecule has 0 bridgehead atoms. The Hall–Kier alpha value is -2.63. The van der Waals surface area contributed by atoms with Crippen LogP contribution < -0.4 is 5.32 Å². The van der Waals surface area contributed by atoms with E-state index in [0.717, 1.165) is 41.1 Å². The molecule has 2 N–H and O–H groups in total. The molecular formula is C17H21N5O. The Morgan fingerprint density at radius 2 is 2.13 bits per heavy atom. The van der Waals surface area contributed by atoms with Crippen LogP contribution in [0.1, 0.15) is 23.6 Å². The van der Waals surface area contributed by atoms with Crippen LogP contribution in [0.4, 0.5) is 0 Å². The van der Waals surface area contributed by atoms with Crippen molar-refractivity contribution in [1.29, 1.82) is 0 Å². The Morgan fingerprint density at radius 3 is 2.91 bits per heavy atom. The lowest BCUT2D eigenvalue weighted by molar-refractivity contribution is -0.120. The second-order valence-corrected chi connectivity index (χ2v) is 5.67. The van der Waals surface area contributed by atoms with Crippen molar-refractivity contribution in [2.24, 2.45) is 0 Å². The van der Waals surface area contributed by atoms with Gasteiger partial charge in [-0.15, -0.1) is 0 Å². The number of nitrogens with zero attached hydrogens (tertiary/aromatic N) is 3. The van der Waals surface area contributed by atoms with Gasteiger partial charge < -0.3 is 10.3 Å². The zero-order valence-electron chi connectivity index (χ0n) is 13.5. The Bertz CT molecular complexity index is 817. The number of nitrogens with one attached hydrogen (secondary N) is 2. The Morgan fingerprint density at radius 1 is 1.30 bits per heavy atom. The van der Waals surface area contributed by atoms with Crippen LogP contribution >= 0.6 is 0 Å². The molecule has 0 spiro atoms. The molecule has 0 unspecified atom stereocenters. The summed E-state index contributed by atoms with van der Waals surface area (Å²) < 4.78 is 1.88. The maximum absolute atomic E-state index is 12.1. The predicted octanol–water partition coefficient (Wildman–Crippen LogP) is 2.13. The SMILES string of the molecule is Cc1nc(C)n(CCCNC(=O)Cc2c[nH]c3ccccc23)n1. The Balaban J connectivity index is 1.47. The molecule has 3 rings (SSSR count). The maximum Gasteiger partial charge on any atom is 0.224 e. The summed E-state index contributed by atoms with van der Waals surface area (Å²) in [6.45, 7) is 5.22. The minimum atomic E-state index is 0.0428. The number of aromatic nitrogens is 4. The highest BCUT2D eigenvalue weighted by molar-refractivity contribution is 5.88. The van der Waals surface area contributed by atoms with E-state index in [1.807, 2.05) is 49.0 Å². The summed E-state index contributed by atoms with van der Waals surface area (Å²) in [7, 11) is 0. The molecule has 0 saturated carbocycles. The first kappa shape index (κ1) is 15.3. The van der Waals surface area contributed by atoms with Crippen molar-refractivity contribution in [2.45, 2.75) is 33.2 Å². The van der Waals surface area contributed by atoms with Crippen LogP contribution in [0.25, 0.3) is 10.9 Å². The number of benzene rings is 1. The zero-order valence-corrected chi connectivity index (χ0v) is 13.5. The first-order chi connectivity index (χ1) is 11.1. The van der Waals surface area contributed by atoms with E-state index >= 15 is 0 Å². The van der Waals surface area contributed by atoms with Gasteiger partial charge in [0.1, 0.15) is 11.6 Å². The predicted molar refractivity (Wildman–Crippen MR) is 89.1 cm³/mol. The van der Waals surface area contributed by atoms with Gasteiger partial charge in [-0.05, 0) is 31.9 Å². The molecule has 6 nitrogen and oxygen atoms in total. The quantitative estimate of drug-likeness (QED) is 0.685. The molecule has 0 atom stereocenters. The van der Waals surface area contributed by atoms with Gasteiger partial charge in [0.15, 0.2) is 0 Å². The number of hydrogen-bond donors (Lipinski definition) is 2. The molecule has 6 heteroatoms. The van der Waals surface area contributed by atoms with E-state index in [1.165, 1.54) is 0 Å². The van der Waals surface area contributed by atoms with Gasteiger partial charge in [-0.25, -0.2) is 4.98 Å². The van der Waals surface area contributed by atoms with Gasteiger partial charge in [-0.2, -0.15) is 5.10 Å². The lowest BCUT2D eigenvalue weighted by Crippen LogP contribution is -2.26. The average molecular weight is 311 g/mol. The zero-order chi connectivity index (χ0) is 16.2. The topological polar surface area (TPSA) is 75.6 Å². The highest BCUT2D eigenvalue weighted by Crippen LogP contribution is 2.17. The van der Waals surface area contributed by atoms with Gasteiger partial charge in [0, 0.05) is 30.2 Å². The van der Waals surface area contributed by atoms with Crippen molar-refractivity contribution in [2.75, 3.05) is 6.54 Å². The number of para-hydroxylation sites is 1. The van der Waals surface area contributed by atoms with Crippen LogP contribution in [-0.4, -0.2) is 32.2 Å². The van der Waals surface area contributed by atoms with Crippen LogP contribution in [0.3, 0.4) is 0 Å². The normalized spacial score (nSPS) is 11.0. The van der Waals surface area contributed by atoms with E-state index in [4.69, 9.17) is 0 Å². The van der Waals surface area contributed by atoms with Crippen LogP contribution in [0.15, 0.2) is 30.5 Å². The number of carbonyl (C=O) groups is 1. The van der Waals surface area contributed by atoms with Crippen LogP contribution in [0, 0.1) is 13.8 Å². The molecule has 2 aromatic heterocycles. The number of H-pyrrole nitrogens is 1. The van der Waals surface area contributed by atoms with Gasteiger partial charge in [0.05, 0.1) is 6.42 Å². The molecular weight excluding hydrogens is 290 g/mol. The van der Waals surface area contributed by atoms with Gasteiger partial charge in [0.2, 0.25) is 5.91 Å². The van der Waals surface area contributed by atoms with Crippen LogP contribution in [0.5, 0.6) is 0 Å². The van der Waals surface area contributed by atoms with Crippen molar-refractivity contribution >= 4 is 16.8 Å². The summed E-state index contributed by atoms with van der Waals surface area (Å²) >= 11 is 0. The van der Waals surface area contributed by atoms with Crippen molar-refractivity contribution in [3.05, 3.63) is 47.7 Å². The Labute approximate surface area is 134 Å². The molecule has 0 fully saturated rings. The molecule has 1 aromatic carbocycles. The molecule has 2 heterocycles. The van der Waals surface area contributed by atoms with Crippen molar-refractivity contribution < 1.29 is 4.79 Å². The van der Waals surface area contributed by atoms with E-state index in [9.17, 15) is 4.79 Å². The molecule has 3 aromatic rings. The largest absolute Gasteiger partial charge is 0.361 e. The molecule has 0 aliphatic carbocycles. The third-order valence-electron chi connectivity index (χ3n) is 3.86. The maximum atomic E-state index is 12.1. The summed E-state index contributed by atoms with van der Waals surface area (Å²) in [6.07, 6.45) is 3.14. The molecule has 23 heavy (non-hydrogen) atoms. The Kier molecular flexibility index (Phi) is 4.41. The second kappa shape index (κ2) is 6.64. The fraction of sp³-hybridized carbons (Fsp3) is 0.353. The summed E-state index contributed by atoms with van der Waals surface area (Å²) in [5, 5.41) is 8.39.